The molecule has 0 unspecified atom stereocenters. The molecule has 5 aliphatic rings. The third-order valence-electron chi connectivity index (χ3n) is 10.8. The largest absolute Gasteiger partial charge is 0.459 e. The molecule has 5 heteroatoms. The highest BCUT2D eigenvalue weighted by Gasteiger charge is 2.69. The summed E-state index contributed by atoms with van der Waals surface area (Å²) in [5, 5.41) is 10.1. The number of esters is 1. The molecule has 1 N–H and O–H groups in total. The molecule has 0 bridgehead atoms. The maximum Gasteiger partial charge on any atom is 0.303 e. The van der Waals surface area contributed by atoms with E-state index in [1.165, 1.54) is 19.8 Å². The molecule has 1 heterocycles. The maximum atomic E-state index is 13.7. The van der Waals surface area contributed by atoms with Crippen LogP contribution in [0.15, 0.2) is 11.6 Å². The van der Waals surface area contributed by atoms with E-state index in [4.69, 9.17) is 9.47 Å². The number of carbonyl (C=O) groups is 2. The molecule has 0 spiro atoms. The predicted octanol–water partition coefficient (Wildman–Crippen LogP) is 5.24. The fourth-order valence-electron chi connectivity index (χ4n) is 9.12. The van der Waals surface area contributed by atoms with Gasteiger partial charge in [0.25, 0.3) is 0 Å². The van der Waals surface area contributed by atoms with Crippen molar-refractivity contribution in [3.8, 4) is 0 Å². The predicted molar refractivity (Wildman–Crippen MR) is 130 cm³/mol. The van der Waals surface area contributed by atoms with E-state index in [-0.39, 0.29) is 41.0 Å². The molecular formula is C29H44O5. The average Bonchev–Trinajstić information content (AvgIpc) is 3.45. The molecule has 0 amide bonds. The first-order valence-electron chi connectivity index (χ1n) is 13.7. The monoisotopic (exact) mass is 472 g/mol. The molecule has 190 valence electrons. The molecule has 0 radical (unpaired) electrons. The van der Waals surface area contributed by atoms with Crippen LogP contribution >= 0.6 is 0 Å². The van der Waals surface area contributed by atoms with Crippen LogP contribution in [0.1, 0.15) is 92.9 Å². The molecule has 4 aliphatic carbocycles. The number of hydrogen-bond donors (Lipinski definition) is 1. The fourth-order valence-corrected chi connectivity index (χ4v) is 9.12. The number of fused-ring (bicyclic) bond motifs is 7. The van der Waals surface area contributed by atoms with Crippen LogP contribution in [-0.4, -0.2) is 40.8 Å². The van der Waals surface area contributed by atoms with Crippen molar-refractivity contribution in [2.24, 2.45) is 40.4 Å². The SMILES string of the molecule is CC(=O)O[C@@H]1CC2=CC(=O)[C@H]3[C@@H]4CC[C@H]([C@H](C)CCCC(C)(C)O)[C@@]4(C)CC[C@@H]3[C@@]2(C)[C@@H]2O[C@@H]21. The number of allylic oxidation sites excluding steroid dienone is 1. The van der Waals surface area contributed by atoms with E-state index in [9.17, 15) is 14.7 Å². The van der Waals surface area contributed by atoms with E-state index in [1.807, 2.05) is 19.9 Å². The first kappa shape index (κ1) is 24.5. The highest BCUT2D eigenvalue weighted by atomic mass is 16.6. The van der Waals surface area contributed by atoms with Crippen molar-refractivity contribution in [1.29, 1.82) is 0 Å². The minimum Gasteiger partial charge on any atom is -0.459 e. The quantitative estimate of drug-likeness (QED) is 0.423. The van der Waals surface area contributed by atoms with Gasteiger partial charge in [-0.25, -0.2) is 0 Å². The van der Waals surface area contributed by atoms with Gasteiger partial charge in [-0.2, -0.15) is 0 Å². The topological polar surface area (TPSA) is 76.1 Å². The van der Waals surface area contributed by atoms with Crippen LogP contribution in [0.5, 0.6) is 0 Å². The van der Waals surface area contributed by atoms with Crippen LogP contribution in [0.2, 0.25) is 0 Å². The average molecular weight is 473 g/mol. The maximum absolute atomic E-state index is 13.7. The molecule has 4 fully saturated rings. The molecule has 0 aromatic heterocycles. The van der Waals surface area contributed by atoms with Gasteiger partial charge in [0.1, 0.15) is 12.2 Å². The molecule has 1 aliphatic heterocycles. The van der Waals surface area contributed by atoms with Crippen LogP contribution in [-0.2, 0) is 19.1 Å². The van der Waals surface area contributed by atoms with Crippen molar-refractivity contribution in [3.05, 3.63) is 11.6 Å². The van der Waals surface area contributed by atoms with Gasteiger partial charge in [-0.1, -0.05) is 39.2 Å². The van der Waals surface area contributed by atoms with E-state index >= 15 is 0 Å². The Morgan fingerprint density at radius 3 is 2.68 bits per heavy atom. The van der Waals surface area contributed by atoms with Crippen LogP contribution < -0.4 is 0 Å². The summed E-state index contributed by atoms with van der Waals surface area (Å²) in [4.78, 5) is 25.3. The Hall–Kier alpha value is -1.20. The van der Waals surface area contributed by atoms with Gasteiger partial charge in [0.15, 0.2) is 5.78 Å². The van der Waals surface area contributed by atoms with Crippen molar-refractivity contribution < 1.29 is 24.2 Å². The Labute approximate surface area is 205 Å². The third-order valence-corrected chi connectivity index (χ3v) is 10.8. The lowest BCUT2D eigenvalue weighted by atomic mass is 9.46. The van der Waals surface area contributed by atoms with Crippen molar-refractivity contribution >= 4 is 11.8 Å². The number of hydrogen-bond acceptors (Lipinski definition) is 5. The van der Waals surface area contributed by atoms with E-state index < -0.39 is 5.60 Å². The summed E-state index contributed by atoms with van der Waals surface area (Å²) in [6, 6.07) is 0. The molecular weight excluding hydrogens is 428 g/mol. The van der Waals surface area contributed by atoms with Crippen LogP contribution in [0.3, 0.4) is 0 Å². The molecule has 5 nitrogen and oxygen atoms in total. The van der Waals surface area contributed by atoms with Crippen molar-refractivity contribution in [2.75, 3.05) is 0 Å². The number of rotatable bonds is 6. The number of ketones is 1. The summed E-state index contributed by atoms with van der Waals surface area (Å²) >= 11 is 0. The Kier molecular flexibility index (Phi) is 5.88. The second kappa shape index (κ2) is 8.16. The zero-order valence-corrected chi connectivity index (χ0v) is 21.9. The lowest BCUT2D eigenvalue weighted by Crippen LogP contribution is -2.56. The second-order valence-electron chi connectivity index (χ2n) is 13.4. The minimum atomic E-state index is -0.592. The van der Waals surface area contributed by atoms with Crippen molar-refractivity contribution in [3.63, 3.8) is 0 Å². The van der Waals surface area contributed by atoms with Gasteiger partial charge >= 0.3 is 5.97 Å². The number of ether oxygens (including phenoxy) is 2. The van der Waals surface area contributed by atoms with E-state index in [2.05, 4.69) is 20.8 Å². The summed E-state index contributed by atoms with van der Waals surface area (Å²) in [6.07, 6.45) is 10.0. The number of aliphatic hydroxyl groups is 1. The van der Waals surface area contributed by atoms with Crippen molar-refractivity contribution in [1.82, 2.24) is 0 Å². The Morgan fingerprint density at radius 1 is 1.26 bits per heavy atom. The fraction of sp³-hybridized carbons (Fsp3) is 0.862. The van der Waals surface area contributed by atoms with Crippen LogP contribution in [0.4, 0.5) is 0 Å². The molecule has 5 rings (SSSR count). The first-order chi connectivity index (χ1) is 15.9. The van der Waals surface area contributed by atoms with Gasteiger partial charge in [0, 0.05) is 24.7 Å². The summed E-state index contributed by atoms with van der Waals surface area (Å²) < 4.78 is 11.7. The van der Waals surface area contributed by atoms with Crippen LogP contribution in [0, 0.1) is 40.4 Å². The molecule has 0 aromatic carbocycles. The Morgan fingerprint density at radius 2 is 2.00 bits per heavy atom. The molecule has 1 saturated heterocycles. The summed E-state index contributed by atoms with van der Waals surface area (Å²) in [5.41, 5.74) is 0.663. The van der Waals surface area contributed by atoms with E-state index in [1.54, 1.807) is 0 Å². The molecule has 0 aromatic rings. The lowest BCUT2D eigenvalue weighted by molar-refractivity contribution is -0.148. The second-order valence-corrected chi connectivity index (χ2v) is 13.4. The van der Waals surface area contributed by atoms with Crippen LogP contribution in [0.25, 0.3) is 0 Å². The summed E-state index contributed by atoms with van der Waals surface area (Å²) in [6.45, 7) is 12.4. The van der Waals surface area contributed by atoms with Crippen molar-refractivity contribution in [2.45, 2.75) is 117 Å². The zero-order chi connectivity index (χ0) is 24.6. The number of epoxide rings is 1. The van der Waals surface area contributed by atoms with E-state index in [0.717, 1.165) is 37.7 Å². The minimum absolute atomic E-state index is 0.0136. The third kappa shape index (κ3) is 3.80. The van der Waals surface area contributed by atoms with Gasteiger partial charge in [0.2, 0.25) is 0 Å². The summed E-state index contributed by atoms with van der Waals surface area (Å²) in [7, 11) is 0. The van der Waals surface area contributed by atoms with Gasteiger partial charge in [-0.05, 0) is 81.1 Å². The highest BCUT2D eigenvalue weighted by molar-refractivity contribution is 5.94. The Balaban J connectivity index is 1.35. The standard InChI is InChI=1S/C29H44O5/c1-16(8-7-12-27(3,4)32)19-9-10-20-24-21(11-13-28(19,20)5)29(6)18(14-22(24)31)15-23(33-17(2)30)25-26(29)34-25/h14,16,19-21,23-26,32H,7-13,15H2,1-6H3/t16-,19-,20+,21+,23-,24+,25-,26-,28-,29+/m1/s1. The summed E-state index contributed by atoms with van der Waals surface area (Å²) in [5.74, 6) is 2.17. The Bertz CT molecular complexity index is 885. The molecule has 3 saturated carbocycles. The highest BCUT2D eigenvalue weighted by Crippen LogP contribution is 2.69. The molecule has 34 heavy (non-hydrogen) atoms. The first-order valence-corrected chi connectivity index (χ1v) is 13.7. The van der Waals surface area contributed by atoms with Gasteiger partial charge in [0.05, 0.1) is 11.7 Å². The van der Waals surface area contributed by atoms with Gasteiger partial charge in [-0.3, -0.25) is 9.59 Å². The lowest BCUT2D eigenvalue weighted by Gasteiger charge is -2.56. The zero-order valence-electron chi connectivity index (χ0n) is 21.9. The smallest absolute Gasteiger partial charge is 0.303 e. The molecule has 10 atom stereocenters. The van der Waals surface area contributed by atoms with E-state index in [0.29, 0.717) is 35.9 Å². The number of carbonyl (C=O) groups excluding carboxylic acids is 2. The van der Waals surface area contributed by atoms with Gasteiger partial charge in [-0.15, -0.1) is 0 Å². The van der Waals surface area contributed by atoms with Gasteiger partial charge < -0.3 is 14.6 Å². The normalized spacial score (nSPS) is 45.9.